The fraction of sp³-hybridized carbons (Fsp3) is 0.100. The maximum absolute atomic E-state index is 11.9. The van der Waals surface area contributed by atoms with Gasteiger partial charge in [0.1, 0.15) is 11.3 Å². The largest absolute Gasteiger partial charge is 0.482 e. The van der Waals surface area contributed by atoms with Gasteiger partial charge in [0.2, 0.25) is 5.82 Å². The monoisotopic (exact) mass is 456 g/mol. The number of carbonyl (C=O) groups excluding carboxylic acids is 1. The first kappa shape index (κ1) is 18.9. The molecule has 0 radical (unpaired) electrons. The molecule has 2 aromatic carbocycles. The Morgan fingerprint density at radius 2 is 1.97 bits per heavy atom. The predicted octanol–water partition coefficient (Wildman–Crippen LogP) is 3.73. The Kier molecular flexibility index (Phi) is 5.39. The lowest BCUT2D eigenvalue weighted by Gasteiger charge is -2.06. The van der Waals surface area contributed by atoms with Crippen LogP contribution in [0.25, 0.3) is 22.4 Å². The second-order valence-corrected chi connectivity index (χ2v) is 6.84. The predicted molar refractivity (Wildman–Crippen MR) is 105 cm³/mol. The molecule has 4 aromatic rings. The lowest BCUT2D eigenvalue weighted by atomic mass is 10.2. The molecule has 0 saturated carbocycles. The van der Waals surface area contributed by atoms with Gasteiger partial charge in [0.05, 0.1) is 0 Å². The van der Waals surface area contributed by atoms with Crippen molar-refractivity contribution in [2.45, 2.75) is 6.61 Å². The molecule has 0 aliphatic rings. The smallest absolute Gasteiger partial charge is 0.344 e. The highest BCUT2D eigenvalue weighted by molar-refractivity contribution is 9.10. The number of hydrogen-bond donors (Lipinski definition) is 0. The van der Waals surface area contributed by atoms with Crippen LogP contribution in [0, 0.1) is 0 Å². The summed E-state index contributed by atoms with van der Waals surface area (Å²) in [6.45, 7) is -0.495. The van der Waals surface area contributed by atoms with Gasteiger partial charge in [-0.25, -0.2) is 9.59 Å². The van der Waals surface area contributed by atoms with Crippen LogP contribution in [0.1, 0.15) is 5.89 Å². The Morgan fingerprint density at radius 3 is 2.83 bits per heavy atom. The zero-order valence-electron chi connectivity index (χ0n) is 14.8. The van der Waals surface area contributed by atoms with E-state index in [0.717, 1.165) is 15.4 Å². The van der Waals surface area contributed by atoms with Crippen LogP contribution in [0.2, 0.25) is 0 Å². The zero-order chi connectivity index (χ0) is 20.2. The summed E-state index contributed by atoms with van der Waals surface area (Å²) < 4.78 is 21.5. The van der Waals surface area contributed by atoms with Crippen LogP contribution in [-0.2, 0) is 16.1 Å². The van der Waals surface area contributed by atoms with Crippen molar-refractivity contribution in [2.24, 2.45) is 0 Å². The van der Waals surface area contributed by atoms with E-state index in [9.17, 15) is 9.59 Å². The minimum atomic E-state index is -0.609. The van der Waals surface area contributed by atoms with E-state index in [-0.39, 0.29) is 19.1 Å². The maximum Gasteiger partial charge on any atom is 0.344 e. The van der Waals surface area contributed by atoms with Crippen LogP contribution in [0.4, 0.5) is 0 Å². The first-order valence-electron chi connectivity index (χ1n) is 8.48. The summed E-state index contributed by atoms with van der Waals surface area (Å²) in [5.74, 6) is 0.326. The van der Waals surface area contributed by atoms with E-state index >= 15 is 0 Å². The molecule has 2 aromatic heterocycles. The van der Waals surface area contributed by atoms with Crippen molar-refractivity contribution in [2.75, 3.05) is 6.61 Å². The van der Waals surface area contributed by atoms with Crippen molar-refractivity contribution in [1.29, 1.82) is 0 Å². The summed E-state index contributed by atoms with van der Waals surface area (Å²) in [4.78, 5) is 27.4. The molecule has 0 fully saturated rings. The van der Waals surface area contributed by atoms with Crippen molar-refractivity contribution in [3.05, 3.63) is 75.4 Å². The molecule has 0 amide bonds. The highest BCUT2D eigenvalue weighted by atomic mass is 79.9. The summed E-state index contributed by atoms with van der Waals surface area (Å²) in [5, 5.41) is 4.62. The molecule has 29 heavy (non-hydrogen) atoms. The average Bonchev–Trinajstić information content (AvgIpc) is 3.19. The number of carbonyl (C=O) groups is 1. The molecule has 0 bridgehead atoms. The molecule has 0 saturated heterocycles. The van der Waals surface area contributed by atoms with Crippen LogP contribution in [0.3, 0.4) is 0 Å². The van der Waals surface area contributed by atoms with E-state index in [1.54, 1.807) is 18.2 Å². The Labute approximate surface area is 172 Å². The topological polar surface area (TPSA) is 105 Å². The molecular weight excluding hydrogens is 444 g/mol. The minimum absolute atomic E-state index is 0.167. The number of nitrogens with zero attached hydrogens (tertiary/aromatic N) is 2. The first-order chi connectivity index (χ1) is 14.1. The van der Waals surface area contributed by atoms with Crippen molar-refractivity contribution in [3.63, 3.8) is 0 Å². The number of halogens is 1. The van der Waals surface area contributed by atoms with E-state index in [2.05, 4.69) is 26.1 Å². The van der Waals surface area contributed by atoms with E-state index in [1.165, 1.54) is 12.1 Å². The van der Waals surface area contributed by atoms with Crippen LogP contribution in [0.5, 0.6) is 5.75 Å². The van der Waals surface area contributed by atoms with Crippen molar-refractivity contribution < 1.29 is 23.2 Å². The summed E-state index contributed by atoms with van der Waals surface area (Å²) >= 11 is 3.38. The molecule has 0 unspecified atom stereocenters. The van der Waals surface area contributed by atoms with Crippen LogP contribution >= 0.6 is 15.9 Å². The molecule has 9 heteroatoms. The van der Waals surface area contributed by atoms with Gasteiger partial charge in [-0.05, 0) is 30.3 Å². The number of aromatic nitrogens is 2. The van der Waals surface area contributed by atoms with E-state index < -0.39 is 11.6 Å². The normalized spacial score (nSPS) is 10.8. The first-order valence-corrected chi connectivity index (χ1v) is 9.27. The Hall–Kier alpha value is -3.46. The lowest BCUT2D eigenvalue weighted by Crippen LogP contribution is -2.14. The lowest BCUT2D eigenvalue weighted by molar-refractivity contribution is -0.148. The minimum Gasteiger partial charge on any atom is -0.482 e. The third kappa shape index (κ3) is 4.69. The number of benzene rings is 2. The fourth-order valence-corrected chi connectivity index (χ4v) is 2.91. The average molecular weight is 457 g/mol. The third-order valence-corrected chi connectivity index (χ3v) is 4.35. The van der Waals surface area contributed by atoms with Gasteiger partial charge in [0.15, 0.2) is 13.2 Å². The van der Waals surface area contributed by atoms with Crippen molar-refractivity contribution in [3.8, 4) is 17.1 Å². The molecule has 2 heterocycles. The second kappa shape index (κ2) is 8.27. The fourth-order valence-electron chi connectivity index (χ4n) is 2.52. The molecule has 0 atom stereocenters. The van der Waals surface area contributed by atoms with Crippen LogP contribution in [0.15, 0.2) is 72.8 Å². The summed E-state index contributed by atoms with van der Waals surface area (Å²) in [5.41, 5.74) is 0.678. The molecule has 146 valence electrons. The quantitative estimate of drug-likeness (QED) is 0.319. The molecule has 0 aliphatic heterocycles. The molecule has 0 spiro atoms. The summed E-state index contributed by atoms with van der Waals surface area (Å²) in [7, 11) is 0. The number of ether oxygens (including phenoxy) is 2. The standard InChI is InChI=1S/C20H13BrN2O6/c21-14-3-1-2-13(8-14)20-22-17(29-23-20)10-27-19(25)11-26-15-6-4-12-5-7-18(24)28-16(12)9-15/h1-9H,10-11H2. The van der Waals surface area contributed by atoms with Gasteiger partial charge in [-0.2, -0.15) is 4.98 Å². The Bertz CT molecular complexity index is 1230. The van der Waals surface area contributed by atoms with Crippen molar-refractivity contribution in [1.82, 2.24) is 10.1 Å². The number of fused-ring (bicyclic) bond motifs is 1. The van der Waals surface area contributed by atoms with Gasteiger partial charge in [0, 0.05) is 27.6 Å². The number of hydrogen-bond acceptors (Lipinski definition) is 8. The molecular formula is C20H13BrN2O6. The maximum atomic E-state index is 11.9. The van der Waals surface area contributed by atoms with Crippen LogP contribution in [-0.4, -0.2) is 22.7 Å². The zero-order valence-corrected chi connectivity index (χ0v) is 16.4. The van der Waals surface area contributed by atoms with Gasteiger partial charge in [-0.15, -0.1) is 0 Å². The Morgan fingerprint density at radius 1 is 1.10 bits per heavy atom. The number of rotatable bonds is 6. The van der Waals surface area contributed by atoms with E-state index in [0.29, 0.717) is 17.2 Å². The Balaban J connectivity index is 1.32. The van der Waals surface area contributed by atoms with Gasteiger partial charge in [-0.3, -0.25) is 0 Å². The van der Waals surface area contributed by atoms with E-state index in [4.69, 9.17) is 18.4 Å². The van der Waals surface area contributed by atoms with Gasteiger partial charge >= 0.3 is 11.6 Å². The molecule has 0 aliphatic carbocycles. The number of esters is 1. The van der Waals surface area contributed by atoms with Crippen molar-refractivity contribution >= 4 is 32.9 Å². The van der Waals surface area contributed by atoms with E-state index in [1.807, 2.05) is 24.3 Å². The van der Waals surface area contributed by atoms with Gasteiger partial charge in [-0.1, -0.05) is 33.2 Å². The summed E-state index contributed by atoms with van der Waals surface area (Å²) in [6.07, 6.45) is 0. The molecule has 8 nitrogen and oxygen atoms in total. The summed E-state index contributed by atoms with van der Waals surface area (Å²) in [6, 6.07) is 15.3. The third-order valence-electron chi connectivity index (χ3n) is 3.86. The van der Waals surface area contributed by atoms with Gasteiger partial charge < -0.3 is 18.4 Å². The molecule has 4 rings (SSSR count). The second-order valence-electron chi connectivity index (χ2n) is 5.93. The highest BCUT2D eigenvalue weighted by Crippen LogP contribution is 2.21. The molecule has 0 N–H and O–H groups in total. The SMILES string of the molecule is O=C(COc1ccc2ccc(=O)oc2c1)OCc1nc(-c2cccc(Br)c2)no1. The van der Waals surface area contributed by atoms with Gasteiger partial charge in [0.25, 0.3) is 5.89 Å². The van der Waals surface area contributed by atoms with Crippen LogP contribution < -0.4 is 10.4 Å². The highest BCUT2D eigenvalue weighted by Gasteiger charge is 2.12.